The Hall–Kier alpha value is -3.38. The molecule has 134 valence electrons. The normalized spacial score (nSPS) is 11.7. The van der Waals surface area contributed by atoms with E-state index in [2.05, 4.69) is 15.4 Å². The first kappa shape index (κ1) is 17.1. The first-order valence-corrected chi connectivity index (χ1v) is 8.52. The van der Waals surface area contributed by atoms with Gasteiger partial charge in [0.05, 0.1) is 0 Å². The predicted molar refractivity (Wildman–Crippen MR) is 102 cm³/mol. The number of hydrogen-bond acceptors (Lipinski definition) is 6. The van der Waals surface area contributed by atoms with Crippen LogP contribution in [0.5, 0.6) is 5.75 Å². The van der Waals surface area contributed by atoms with Crippen LogP contribution in [0.2, 0.25) is 0 Å². The molecule has 0 aliphatic rings. The maximum absolute atomic E-state index is 9.55. The highest BCUT2D eigenvalue weighted by atomic mass is 35.5. The highest BCUT2D eigenvalue weighted by Gasteiger charge is 2.22. The van der Waals surface area contributed by atoms with Crippen molar-refractivity contribution in [2.75, 3.05) is 0 Å². The highest BCUT2D eigenvalue weighted by Crippen LogP contribution is 2.34. The van der Waals surface area contributed by atoms with E-state index in [4.69, 9.17) is 20.5 Å². The van der Waals surface area contributed by atoms with E-state index < -0.39 is 0 Å². The lowest BCUT2D eigenvalue weighted by molar-refractivity contribution is 0.399. The van der Waals surface area contributed by atoms with Crippen molar-refractivity contribution < 1.29 is 14.0 Å². The number of aromatic hydroxyl groups is 1. The lowest BCUT2D eigenvalue weighted by Crippen LogP contribution is -1.84. The second kappa shape index (κ2) is 7.09. The molecule has 4 aromatic rings. The summed E-state index contributed by atoms with van der Waals surface area (Å²) in [7, 11) is 0. The number of aryl methyl sites for hydroxylation is 1. The lowest BCUT2D eigenvalue weighted by Gasteiger charge is -1.98. The lowest BCUT2D eigenvalue weighted by atomic mass is 10.1. The summed E-state index contributed by atoms with van der Waals surface area (Å²) >= 11 is 6.31. The minimum absolute atomic E-state index is 0.145. The van der Waals surface area contributed by atoms with Gasteiger partial charge in [-0.2, -0.15) is 0 Å². The van der Waals surface area contributed by atoms with Crippen LogP contribution >= 0.6 is 11.6 Å². The molecule has 0 aliphatic carbocycles. The first-order chi connectivity index (χ1) is 13.1. The van der Waals surface area contributed by atoms with E-state index in [-0.39, 0.29) is 22.6 Å². The molecule has 2 aromatic heterocycles. The van der Waals surface area contributed by atoms with Crippen molar-refractivity contribution in [3.63, 3.8) is 0 Å². The minimum Gasteiger partial charge on any atom is -0.508 e. The van der Waals surface area contributed by atoms with Gasteiger partial charge in [-0.05, 0) is 30.7 Å². The smallest absolute Gasteiger partial charge is 0.259 e. The average Bonchev–Trinajstić information content (AvgIpc) is 3.29. The van der Waals surface area contributed by atoms with Crippen molar-refractivity contribution in [2.24, 2.45) is 0 Å². The summed E-state index contributed by atoms with van der Waals surface area (Å²) in [6.45, 7) is 1.78. The Morgan fingerprint density at radius 3 is 2.67 bits per heavy atom. The molecular weight excluding hydrogens is 366 g/mol. The Morgan fingerprint density at radius 1 is 1.07 bits per heavy atom. The Bertz CT molecular complexity index is 1120. The van der Waals surface area contributed by atoms with Gasteiger partial charge in [0.25, 0.3) is 11.8 Å². The fraction of sp³-hybridized carbons (Fsp3) is 0.0500. The molecule has 2 aromatic carbocycles. The molecule has 0 radical (unpaired) electrons. The van der Waals surface area contributed by atoms with Crippen molar-refractivity contribution in [2.45, 2.75) is 6.92 Å². The van der Waals surface area contributed by atoms with Crippen LogP contribution in [0.1, 0.15) is 17.2 Å². The number of nitrogens with zero attached hydrogens (tertiary/aromatic N) is 3. The fourth-order valence-corrected chi connectivity index (χ4v) is 2.86. The maximum Gasteiger partial charge on any atom is 0.259 e. The van der Waals surface area contributed by atoms with Crippen LogP contribution < -0.4 is 0 Å². The third-order valence-electron chi connectivity index (χ3n) is 3.92. The van der Waals surface area contributed by atoms with Crippen LogP contribution in [0.3, 0.4) is 0 Å². The quantitative estimate of drug-likeness (QED) is 0.528. The van der Waals surface area contributed by atoms with Gasteiger partial charge in [0.1, 0.15) is 27.8 Å². The molecule has 0 bridgehead atoms. The zero-order valence-corrected chi connectivity index (χ0v) is 15.0. The molecule has 2 heterocycles. The van der Waals surface area contributed by atoms with Gasteiger partial charge in [-0.1, -0.05) is 59.2 Å². The van der Waals surface area contributed by atoms with E-state index in [9.17, 15) is 5.11 Å². The van der Waals surface area contributed by atoms with Crippen molar-refractivity contribution in [3.05, 3.63) is 71.8 Å². The van der Waals surface area contributed by atoms with Crippen LogP contribution in [0.15, 0.2) is 63.5 Å². The van der Waals surface area contributed by atoms with Crippen molar-refractivity contribution in [3.8, 4) is 28.5 Å². The van der Waals surface area contributed by atoms with Gasteiger partial charge >= 0.3 is 0 Å². The molecule has 6 nitrogen and oxygen atoms in total. The van der Waals surface area contributed by atoms with Crippen LogP contribution in [-0.2, 0) is 0 Å². The summed E-state index contributed by atoms with van der Waals surface area (Å²) in [5.41, 5.74) is 2.84. The summed E-state index contributed by atoms with van der Waals surface area (Å²) in [6, 6.07) is 16.3. The summed E-state index contributed by atoms with van der Waals surface area (Å²) in [6.07, 6.45) is 1.64. The maximum atomic E-state index is 9.55. The van der Waals surface area contributed by atoms with Crippen molar-refractivity contribution in [1.29, 1.82) is 0 Å². The standard InChI is InChI=1S/C20H14ClN3O3/c1-12-17(18(24-27-12)14-7-3-2-4-8-14)20-23-22-19(26-20)16(21)11-13-6-5-9-15(25)10-13/h2-11,25H,1H3/b16-11-. The number of hydrogen-bond donors (Lipinski definition) is 1. The number of halogens is 1. The number of rotatable bonds is 4. The van der Waals surface area contributed by atoms with Crippen LogP contribution in [0.25, 0.3) is 33.8 Å². The second-order valence-electron chi connectivity index (χ2n) is 5.83. The molecule has 0 atom stereocenters. The first-order valence-electron chi connectivity index (χ1n) is 8.14. The van der Waals surface area contributed by atoms with Gasteiger partial charge in [0.2, 0.25) is 0 Å². The van der Waals surface area contributed by atoms with Crippen molar-refractivity contribution >= 4 is 22.7 Å². The monoisotopic (exact) mass is 379 g/mol. The molecule has 0 saturated carbocycles. The van der Waals surface area contributed by atoms with E-state index in [0.29, 0.717) is 22.6 Å². The van der Waals surface area contributed by atoms with Gasteiger partial charge in [0, 0.05) is 5.56 Å². The Kier molecular flexibility index (Phi) is 4.48. The van der Waals surface area contributed by atoms with Crippen LogP contribution in [0.4, 0.5) is 0 Å². The van der Waals surface area contributed by atoms with Crippen LogP contribution in [-0.4, -0.2) is 20.5 Å². The van der Waals surface area contributed by atoms with E-state index in [1.807, 2.05) is 30.3 Å². The highest BCUT2D eigenvalue weighted by molar-refractivity contribution is 6.50. The number of phenolic OH excluding ortho intramolecular Hbond substituents is 1. The Morgan fingerprint density at radius 2 is 1.89 bits per heavy atom. The van der Waals surface area contributed by atoms with Gasteiger partial charge < -0.3 is 14.0 Å². The third kappa shape index (κ3) is 3.47. The summed E-state index contributed by atoms with van der Waals surface area (Å²) in [5, 5.41) is 22.0. The van der Waals surface area contributed by atoms with E-state index >= 15 is 0 Å². The van der Waals surface area contributed by atoms with Gasteiger partial charge in [-0.15, -0.1) is 10.2 Å². The van der Waals surface area contributed by atoms with Gasteiger partial charge in [0.15, 0.2) is 0 Å². The average molecular weight is 380 g/mol. The molecule has 1 N–H and O–H groups in total. The molecule has 4 rings (SSSR count). The van der Waals surface area contributed by atoms with Crippen LogP contribution in [0, 0.1) is 6.92 Å². The van der Waals surface area contributed by atoms with Gasteiger partial charge in [-0.25, -0.2) is 0 Å². The summed E-state index contributed by atoms with van der Waals surface area (Å²) in [4.78, 5) is 0. The van der Waals surface area contributed by atoms with E-state index in [1.54, 1.807) is 37.3 Å². The predicted octanol–water partition coefficient (Wildman–Crippen LogP) is 5.14. The fourth-order valence-electron chi connectivity index (χ4n) is 2.66. The molecule has 0 spiro atoms. The molecule has 0 saturated heterocycles. The molecule has 0 amide bonds. The molecule has 7 heteroatoms. The molecule has 0 fully saturated rings. The SMILES string of the molecule is Cc1onc(-c2ccccc2)c1-c1nnc(/C(Cl)=C/c2cccc(O)c2)o1. The molecular formula is C20H14ClN3O3. The third-order valence-corrected chi connectivity index (χ3v) is 4.19. The molecule has 27 heavy (non-hydrogen) atoms. The molecule has 0 aliphatic heterocycles. The topological polar surface area (TPSA) is 85.2 Å². The second-order valence-corrected chi connectivity index (χ2v) is 6.24. The number of phenols is 1. The number of benzene rings is 2. The Labute approximate surface area is 159 Å². The largest absolute Gasteiger partial charge is 0.508 e. The molecule has 0 unspecified atom stereocenters. The Balaban J connectivity index is 1.71. The zero-order chi connectivity index (χ0) is 18.8. The van der Waals surface area contributed by atoms with Crippen molar-refractivity contribution in [1.82, 2.24) is 15.4 Å². The number of aromatic nitrogens is 3. The van der Waals surface area contributed by atoms with E-state index in [0.717, 1.165) is 5.56 Å². The zero-order valence-electron chi connectivity index (χ0n) is 14.3. The van der Waals surface area contributed by atoms with E-state index in [1.165, 1.54) is 0 Å². The summed E-state index contributed by atoms with van der Waals surface area (Å²) < 4.78 is 11.1. The van der Waals surface area contributed by atoms with Gasteiger partial charge in [-0.3, -0.25) is 0 Å². The minimum atomic E-state index is 0.145. The summed E-state index contributed by atoms with van der Waals surface area (Å²) in [5.74, 6) is 1.14.